The molecule has 0 saturated carbocycles. The van der Waals surface area contributed by atoms with Crippen molar-refractivity contribution in [2.24, 2.45) is 0 Å². The summed E-state index contributed by atoms with van der Waals surface area (Å²) in [7, 11) is 1.48. The molecule has 1 aliphatic heterocycles. The number of hydrogen-bond donors (Lipinski definition) is 1. The van der Waals surface area contributed by atoms with E-state index in [4.69, 9.17) is 4.74 Å². The van der Waals surface area contributed by atoms with Crippen molar-refractivity contribution in [3.8, 4) is 0 Å². The van der Waals surface area contributed by atoms with Gasteiger partial charge in [0.2, 0.25) is 5.91 Å². The summed E-state index contributed by atoms with van der Waals surface area (Å²) in [6.45, 7) is 8.00. The molecule has 1 aliphatic rings. The average molecular weight is 396 g/mol. The number of benzene rings is 2. The predicted molar refractivity (Wildman–Crippen MR) is 115 cm³/mol. The fourth-order valence-electron chi connectivity index (χ4n) is 3.63. The minimum atomic E-state index is -0.240. The first kappa shape index (κ1) is 20.9. The summed E-state index contributed by atoms with van der Waals surface area (Å²) in [5, 5.41) is 2.87. The quantitative estimate of drug-likeness (QED) is 0.803. The van der Waals surface area contributed by atoms with Gasteiger partial charge in [0, 0.05) is 26.7 Å². The van der Waals surface area contributed by atoms with E-state index < -0.39 is 0 Å². The average Bonchev–Trinajstić information content (AvgIpc) is 2.67. The van der Waals surface area contributed by atoms with Crippen LogP contribution in [0.5, 0.6) is 0 Å². The highest BCUT2D eigenvalue weighted by Gasteiger charge is 2.29. The van der Waals surface area contributed by atoms with Crippen molar-refractivity contribution in [1.29, 1.82) is 0 Å². The number of carbonyl (C=O) groups excluding carboxylic acids is 2. The van der Waals surface area contributed by atoms with Crippen LogP contribution >= 0.6 is 0 Å². The highest BCUT2D eigenvalue weighted by atomic mass is 16.5. The maximum Gasteiger partial charge on any atom is 0.324 e. The van der Waals surface area contributed by atoms with Gasteiger partial charge in [-0.3, -0.25) is 9.69 Å². The molecule has 0 radical (unpaired) electrons. The number of anilines is 2. The SMILES string of the molecule is COCC(=O)Nc1cc(C)ccc1N1CCCN(Cc2cc(C)ccc2C)C1=O. The van der Waals surface area contributed by atoms with E-state index in [1.807, 2.05) is 30.0 Å². The largest absolute Gasteiger partial charge is 0.375 e. The normalized spacial score (nSPS) is 14.3. The molecule has 0 spiro atoms. The van der Waals surface area contributed by atoms with Gasteiger partial charge in [0.1, 0.15) is 6.61 Å². The summed E-state index contributed by atoms with van der Waals surface area (Å²) in [6.07, 6.45) is 0.871. The van der Waals surface area contributed by atoms with Crippen molar-refractivity contribution < 1.29 is 14.3 Å². The van der Waals surface area contributed by atoms with Gasteiger partial charge < -0.3 is 15.0 Å². The minimum absolute atomic E-state index is 0.0277. The van der Waals surface area contributed by atoms with Crippen LogP contribution < -0.4 is 10.2 Å². The number of nitrogens with one attached hydrogen (secondary N) is 1. The summed E-state index contributed by atoms with van der Waals surface area (Å²) in [6, 6.07) is 12.0. The first-order chi connectivity index (χ1) is 13.9. The van der Waals surface area contributed by atoms with Crippen LogP contribution in [0.2, 0.25) is 0 Å². The lowest BCUT2D eigenvalue weighted by molar-refractivity contribution is -0.119. The molecular weight excluding hydrogens is 366 g/mol. The van der Waals surface area contributed by atoms with E-state index in [1.165, 1.54) is 18.2 Å². The summed E-state index contributed by atoms with van der Waals surface area (Å²) in [5.41, 5.74) is 5.90. The molecule has 2 aromatic rings. The monoisotopic (exact) mass is 395 g/mol. The molecule has 1 fully saturated rings. The maximum atomic E-state index is 13.3. The summed E-state index contributed by atoms with van der Waals surface area (Å²) < 4.78 is 4.92. The third-order valence-corrected chi connectivity index (χ3v) is 5.17. The molecule has 2 aromatic carbocycles. The van der Waals surface area contributed by atoms with Crippen molar-refractivity contribution in [2.45, 2.75) is 33.7 Å². The van der Waals surface area contributed by atoms with E-state index in [0.717, 1.165) is 29.8 Å². The summed E-state index contributed by atoms with van der Waals surface area (Å²) in [5.74, 6) is -0.240. The van der Waals surface area contributed by atoms with Crippen LogP contribution in [0, 0.1) is 20.8 Å². The number of nitrogens with zero attached hydrogens (tertiary/aromatic N) is 2. The van der Waals surface area contributed by atoms with Gasteiger partial charge in [-0.15, -0.1) is 0 Å². The zero-order valence-electron chi connectivity index (χ0n) is 17.6. The second kappa shape index (κ2) is 9.09. The molecule has 0 bridgehead atoms. The van der Waals surface area contributed by atoms with Crippen molar-refractivity contribution in [2.75, 3.05) is 37.0 Å². The second-order valence-corrected chi connectivity index (χ2v) is 7.64. The zero-order chi connectivity index (χ0) is 21.0. The molecule has 154 valence electrons. The second-order valence-electron chi connectivity index (χ2n) is 7.64. The molecule has 0 aliphatic carbocycles. The van der Waals surface area contributed by atoms with Crippen molar-refractivity contribution in [1.82, 2.24) is 4.90 Å². The van der Waals surface area contributed by atoms with Crippen LogP contribution in [0.1, 0.15) is 28.7 Å². The Morgan fingerprint density at radius 2 is 1.79 bits per heavy atom. The van der Waals surface area contributed by atoms with Crippen LogP contribution in [0.3, 0.4) is 0 Å². The Hall–Kier alpha value is -2.86. The van der Waals surface area contributed by atoms with Gasteiger partial charge in [-0.1, -0.05) is 29.8 Å². The van der Waals surface area contributed by atoms with Gasteiger partial charge in [-0.25, -0.2) is 4.79 Å². The van der Waals surface area contributed by atoms with Crippen LogP contribution in [-0.4, -0.2) is 43.6 Å². The number of carbonyl (C=O) groups is 2. The van der Waals surface area contributed by atoms with Crippen LogP contribution in [0.15, 0.2) is 36.4 Å². The predicted octanol–water partition coefficient (Wildman–Crippen LogP) is 4.03. The molecule has 0 atom stereocenters. The highest BCUT2D eigenvalue weighted by molar-refractivity contribution is 6.01. The molecule has 6 heteroatoms. The van der Waals surface area contributed by atoms with Gasteiger partial charge >= 0.3 is 6.03 Å². The smallest absolute Gasteiger partial charge is 0.324 e. The third kappa shape index (κ3) is 4.95. The van der Waals surface area contributed by atoms with Crippen LogP contribution in [-0.2, 0) is 16.1 Å². The first-order valence-corrected chi connectivity index (χ1v) is 9.91. The number of hydrogen-bond acceptors (Lipinski definition) is 3. The van der Waals surface area contributed by atoms with E-state index in [0.29, 0.717) is 18.8 Å². The van der Waals surface area contributed by atoms with E-state index >= 15 is 0 Å². The Morgan fingerprint density at radius 3 is 2.55 bits per heavy atom. The molecule has 6 nitrogen and oxygen atoms in total. The topological polar surface area (TPSA) is 61.9 Å². The molecule has 0 unspecified atom stereocenters. The van der Waals surface area contributed by atoms with Crippen LogP contribution in [0.25, 0.3) is 0 Å². The Morgan fingerprint density at radius 1 is 1.07 bits per heavy atom. The summed E-state index contributed by atoms with van der Waals surface area (Å²) in [4.78, 5) is 29.0. The lowest BCUT2D eigenvalue weighted by Crippen LogP contribution is -2.49. The molecule has 3 rings (SSSR count). The molecular formula is C23H29N3O3. The Bertz CT molecular complexity index is 910. The van der Waals surface area contributed by atoms with Gasteiger partial charge in [-0.05, 0) is 56.0 Å². The Kier molecular flexibility index (Phi) is 6.54. The molecule has 1 saturated heterocycles. The number of amides is 3. The lowest BCUT2D eigenvalue weighted by Gasteiger charge is -2.37. The van der Waals surface area contributed by atoms with Crippen molar-refractivity contribution in [3.05, 3.63) is 58.7 Å². The Balaban J connectivity index is 1.85. The third-order valence-electron chi connectivity index (χ3n) is 5.17. The van der Waals surface area contributed by atoms with Crippen molar-refractivity contribution >= 4 is 23.3 Å². The molecule has 1 heterocycles. The molecule has 3 amide bonds. The fraction of sp³-hybridized carbons (Fsp3) is 0.391. The molecule has 29 heavy (non-hydrogen) atoms. The van der Waals surface area contributed by atoms with Gasteiger partial charge in [0.25, 0.3) is 0 Å². The van der Waals surface area contributed by atoms with Gasteiger partial charge in [0.05, 0.1) is 11.4 Å². The molecule has 1 N–H and O–H groups in total. The maximum absolute atomic E-state index is 13.3. The zero-order valence-corrected chi connectivity index (χ0v) is 17.6. The van der Waals surface area contributed by atoms with E-state index in [2.05, 4.69) is 37.4 Å². The lowest BCUT2D eigenvalue weighted by atomic mass is 10.0. The fourth-order valence-corrected chi connectivity index (χ4v) is 3.63. The van der Waals surface area contributed by atoms with Crippen molar-refractivity contribution in [3.63, 3.8) is 0 Å². The van der Waals surface area contributed by atoms with Crippen LogP contribution in [0.4, 0.5) is 16.2 Å². The van der Waals surface area contributed by atoms with E-state index in [1.54, 1.807) is 4.90 Å². The van der Waals surface area contributed by atoms with Gasteiger partial charge in [-0.2, -0.15) is 0 Å². The van der Waals surface area contributed by atoms with Gasteiger partial charge in [0.15, 0.2) is 0 Å². The number of methoxy groups -OCH3 is 1. The Labute approximate surface area is 172 Å². The van der Waals surface area contributed by atoms with E-state index in [-0.39, 0.29) is 18.5 Å². The van der Waals surface area contributed by atoms with E-state index in [9.17, 15) is 9.59 Å². The number of urea groups is 1. The summed E-state index contributed by atoms with van der Waals surface area (Å²) >= 11 is 0. The molecule has 0 aromatic heterocycles. The standard InChI is InChI=1S/C23H29N3O3/c1-16-6-8-18(3)19(12-16)14-25-10-5-11-26(23(25)28)21-9-7-17(2)13-20(21)24-22(27)15-29-4/h6-9,12-13H,5,10-11,14-15H2,1-4H3,(H,24,27). The number of aryl methyl sites for hydroxylation is 3. The first-order valence-electron chi connectivity index (χ1n) is 9.91. The number of ether oxygens (including phenoxy) is 1. The number of rotatable bonds is 6. The highest BCUT2D eigenvalue weighted by Crippen LogP contribution is 2.30. The minimum Gasteiger partial charge on any atom is -0.375 e.